The summed E-state index contributed by atoms with van der Waals surface area (Å²) in [5.41, 5.74) is 0.528. The number of anilines is 1. The number of hydrogen-bond acceptors (Lipinski definition) is 4. The molecule has 0 spiro atoms. The topological polar surface area (TPSA) is 74.8 Å². The first-order valence-corrected chi connectivity index (χ1v) is 4.99. The predicted molar refractivity (Wildman–Crippen MR) is 57.1 cm³/mol. The molecule has 0 bridgehead atoms. The molecule has 0 fully saturated rings. The Kier molecular flexibility index (Phi) is 2.59. The molecular formula is C9H7N3O2S. The summed E-state index contributed by atoms with van der Waals surface area (Å²) in [5.74, 6) is -0.279. The van der Waals surface area contributed by atoms with Crippen molar-refractivity contribution in [2.75, 3.05) is 5.32 Å². The average molecular weight is 221 g/mol. The van der Waals surface area contributed by atoms with Crippen LogP contribution in [0.5, 0.6) is 0 Å². The van der Waals surface area contributed by atoms with E-state index < -0.39 is 0 Å². The quantitative estimate of drug-likeness (QED) is 0.796. The van der Waals surface area contributed by atoms with Crippen LogP contribution >= 0.6 is 11.3 Å². The van der Waals surface area contributed by atoms with E-state index in [-0.39, 0.29) is 15.9 Å². The Labute approximate surface area is 88.8 Å². The molecule has 1 heterocycles. The smallest absolute Gasteiger partial charge is 0.296 e. The van der Waals surface area contributed by atoms with Gasteiger partial charge >= 0.3 is 4.87 Å². The van der Waals surface area contributed by atoms with Crippen molar-refractivity contribution < 1.29 is 4.79 Å². The largest absolute Gasteiger partial charge is 0.324 e. The van der Waals surface area contributed by atoms with Gasteiger partial charge in [0.15, 0.2) is 0 Å². The second-order valence-electron chi connectivity index (χ2n) is 2.74. The zero-order valence-corrected chi connectivity index (χ0v) is 8.38. The summed E-state index contributed by atoms with van der Waals surface area (Å²) in [4.78, 5) is 22.0. The van der Waals surface area contributed by atoms with Gasteiger partial charge in [0.05, 0.1) is 0 Å². The fourth-order valence-corrected chi connectivity index (χ4v) is 1.54. The van der Waals surface area contributed by atoms with Crippen LogP contribution in [0.25, 0.3) is 0 Å². The Morgan fingerprint density at radius 1 is 1.33 bits per heavy atom. The molecule has 0 aliphatic carbocycles. The normalized spacial score (nSPS) is 9.87. The van der Waals surface area contributed by atoms with Crippen LogP contribution < -0.4 is 10.2 Å². The van der Waals surface area contributed by atoms with E-state index in [2.05, 4.69) is 15.5 Å². The van der Waals surface area contributed by atoms with E-state index in [0.29, 0.717) is 5.56 Å². The molecule has 0 unspecified atom stereocenters. The first-order chi connectivity index (χ1) is 7.25. The molecule has 2 rings (SSSR count). The minimum atomic E-state index is -0.293. The van der Waals surface area contributed by atoms with Crippen molar-refractivity contribution in [1.82, 2.24) is 10.2 Å². The highest BCUT2D eigenvalue weighted by Gasteiger charge is 2.07. The van der Waals surface area contributed by atoms with Gasteiger partial charge in [-0.1, -0.05) is 18.2 Å². The molecule has 2 aromatic rings. The number of hydrogen-bond donors (Lipinski definition) is 2. The highest BCUT2D eigenvalue weighted by molar-refractivity contribution is 7.13. The number of benzene rings is 1. The van der Waals surface area contributed by atoms with Gasteiger partial charge in [0.2, 0.25) is 5.13 Å². The Morgan fingerprint density at radius 3 is 2.67 bits per heavy atom. The van der Waals surface area contributed by atoms with Crippen molar-refractivity contribution in [1.29, 1.82) is 0 Å². The van der Waals surface area contributed by atoms with Gasteiger partial charge in [-0.05, 0) is 23.5 Å². The summed E-state index contributed by atoms with van der Waals surface area (Å²) in [5, 5.41) is 8.64. The minimum absolute atomic E-state index is 0.272. The summed E-state index contributed by atoms with van der Waals surface area (Å²) >= 11 is 0.857. The maximum Gasteiger partial charge on any atom is 0.324 e. The molecule has 1 aromatic carbocycles. The van der Waals surface area contributed by atoms with E-state index in [4.69, 9.17) is 0 Å². The van der Waals surface area contributed by atoms with Gasteiger partial charge < -0.3 is 0 Å². The molecule has 76 valence electrons. The van der Waals surface area contributed by atoms with Crippen LogP contribution in [0, 0.1) is 0 Å². The van der Waals surface area contributed by atoms with E-state index in [1.54, 1.807) is 24.3 Å². The molecule has 15 heavy (non-hydrogen) atoms. The monoisotopic (exact) mass is 221 g/mol. The lowest BCUT2D eigenvalue weighted by atomic mass is 10.2. The van der Waals surface area contributed by atoms with Crippen LogP contribution in [-0.4, -0.2) is 16.1 Å². The van der Waals surface area contributed by atoms with E-state index in [1.807, 2.05) is 6.07 Å². The zero-order valence-electron chi connectivity index (χ0n) is 7.56. The van der Waals surface area contributed by atoms with Crippen LogP contribution in [0.4, 0.5) is 5.13 Å². The summed E-state index contributed by atoms with van der Waals surface area (Å²) in [7, 11) is 0. The fourth-order valence-electron chi connectivity index (χ4n) is 1.04. The zero-order chi connectivity index (χ0) is 10.7. The van der Waals surface area contributed by atoms with Crippen molar-refractivity contribution in [3.63, 3.8) is 0 Å². The maximum atomic E-state index is 11.6. The van der Waals surface area contributed by atoms with Gasteiger partial charge in [-0.15, -0.1) is 5.10 Å². The van der Waals surface area contributed by atoms with Gasteiger partial charge in [-0.2, -0.15) is 0 Å². The number of nitrogens with zero attached hydrogens (tertiary/aromatic N) is 1. The van der Waals surface area contributed by atoms with Crippen LogP contribution in [0.15, 0.2) is 35.1 Å². The van der Waals surface area contributed by atoms with E-state index in [1.165, 1.54) is 0 Å². The lowest BCUT2D eigenvalue weighted by Gasteiger charge is -1.99. The minimum Gasteiger partial charge on any atom is -0.296 e. The van der Waals surface area contributed by atoms with Gasteiger partial charge in [-0.3, -0.25) is 14.9 Å². The lowest BCUT2D eigenvalue weighted by Crippen LogP contribution is -2.11. The van der Waals surface area contributed by atoms with Crippen LogP contribution in [0.1, 0.15) is 10.4 Å². The number of H-pyrrole nitrogens is 1. The van der Waals surface area contributed by atoms with Crippen LogP contribution in [0.2, 0.25) is 0 Å². The molecule has 2 N–H and O–H groups in total. The summed E-state index contributed by atoms with van der Waals surface area (Å²) in [6, 6.07) is 8.73. The second-order valence-corrected chi connectivity index (χ2v) is 3.70. The van der Waals surface area contributed by atoms with Crippen molar-refractivity contribution in [2.24, 2.45) is 0 Å². The third-order valence-electron chi connectivity index (χ3n) is 1.69. The lowest BCUT2D eigenvalue weighted by molar-refractivity contribution is 0.102. The third-order valence-corrected chi connectivity index (χ3v) is 2.36. The summed E-state index contributed by atoms with van der Waals surface area (Å²) < 4.78 is 0. The summed E-state index contributed by atoms with van der Waals surface area (Å²) in [6.07, 6.45) is 0. The molecule has 1 amide bonds. The predicted octanol–water partition coefficient (Wildman–Crippen LogP) is 1.08. The third kappa shape index (κ3) is 2.29. The Bertz CT molecular complexity index is 517. The first kappa shape index (κ1) is 9.60. The number of carbonyl (C=O) groups excluding carboxylic acids is 1. The molecule has 0 radical (unpaired) electrons. The highest BCUT2D eigenvalue weighted by atomic mass is 32.1. The summed E-state index contributed by atoms with van der Waals surface area (Å²) in [6.45, 7) is 0. The molecule has 0 aliphatic heterocycles. The molecule has 1 aromatic heterocycles. The number of amides is 1. The fraction of sp³-hybridized carbons (Fsp3) is 0. The standard InChI is InChI=1S/C9H7N3O2S/c13-7(6-4-2-1-3-5-6)10-8-11-12-9(14)15-8/h1-5H,(H,12,14)(H,10,11,13). The van der Waals surface area contributed by atoms with E-state index >= 15 is 0 Å². The number of nitrogens with one attached hydrogen (secondary N) is 2. The van der Waals surface area contributed by atoms with Gasteiger partial charge in [0, 0.05) is 5.56 Å². The van der Waals surface area contributed by atoms with Gasteiger partial charge in [0.25, 0.3) is 5.91 Å². The second kappa shape index (κ2) is 4.05. The average Bonchev–Trinajstić information content (AvgIpc) is 2.65. The Morgan fingerprint density at radius 2 is 2.07 bits per heavy atom. The number of rotatable bonds is 2. The van der Waals surface area contributed by atoms with E-state index in [9.17, 15) is 9.59 Å². The van der Waals surface area contributed by atoms with Crippen LogP contribution in [0.3, 0.4) is 0 Å². The molecule has 5 nitrogen and oxygen atoms in total. The Balaban J connectivity index is 2.14. The number of carbonyl (C=O) groups is 1. The van der Waals surface area contributed by atoms with Crippen molar-refractivity contribution in [2.45, 2.75) is 0 Å². The Hall–Kier alpha value is -1.95. The van der Waals surface area contributed by atoms with Gasteiger partial charge in [-0.25, -0.2) is 5.10 Å². The number of aromatic nitrogens is 2. The molecule has 0 atom stereocenters. The van der Waals surface area contributed by atoms with Crippen molar-refractivity contribution >= 4 is 22.4 Å². The molecule has 0 aliphatic rings. The maximum absolute atomic E-state index is 11.6. The SMILES string of the molecule is O=C(Nc1n[nH]c(=O)s1)c1ccccc1. The molecular weight excluding hydrogens is 214 g/mol. The van der Waals surface area contributed by atoms with E-state index in [0.717, 1.165) is 11.3 Å². The molecule has 0 saturated carbocycles. The molecule has 0 saturated heterocycles. The van der Waals surface area contributed by atoms with Gasteiger partial charge in [0.1, 0.15) is 0 Å². The van der Waals surface area contributed by atoms with Crippen molar-refractivity contribution in [3.8, 4) is 0 Å². The molecule has 6 heteroatoms. The van der Waals surface area contributed by atoms with Crippen LogP contribution in [-0.2, 0) is 0 Å². The highest BCUT2D eigenvalue weighted by Crippen LogP contribution is 2.07. The first-order valence-electron chi connectivity index (χ1n) is 4.17. The number of aromatic amines is 1. The van der Waals surface area contributed by atoms with Crippen molar-refractivity contribution in [3.05, 3.63) is 45.6 Å².